The van der Waals surface area contributed by atoms with Crippen LogP contribution in [0.2, 0.25) is 5.15 Å². The molecule has 3 rings (SSSR count). The van der Waals surface area contributed by atoms with E-state index in [4.69, 9.17) is 16.3 Å². The number of para-hydroxylation sites is 1. The fraction of sp³-hybridized carbons (Fsp3) is 0.200. The Hall–Kier alpha value is -2.67. The number of aromatic nitrogens is 4. The molecule has 0 aliphatic carbocycles. The summed E-state index contributed by atoms with van der Waals surface area (Å²) >= 11 is 6.29. The van der Waals surface area contributed by atoms with Crippen molar-refractivity contribution in [3.8, 4) is 5.69 Å². The van der Waals surface area contributed by atoms with Gasteiger partial charge in [-0.2, -0.15) is 10.2 Å². The largest absolute Gasteiger partial charge is 0.465 e. The summed E-state index contributed by atoms with van der Waals surface area (Å²) in [6.45, 7) is 1.67. The van der Waals surface area contributed by atoms with E-state index in [2.05, 4.69) is 10.2 Å². The molecule has 0 bridgehead atoms. The third-order valence-corrected chi connectivity index (χ3v) is 3.58. The standard InChI is InChI=1S/C15H13ClN4O3/c1-2-23-12(21)9-19-15(22)13-11(8-17-19)14(16)20(18-13)10-6-4-3-5-7-10/h3-8H,2,9H2,1H3. The van der Waals surface area contributed by atoms with Crippen LogP contribution >= 0.6 is 11.6 Å². The lowest BCUT2D eigenvalue weighted by atomic mass is 10.3. The molecule has 2 aromatic heterocycles. The van der Waals surface area contributed by atoms with E-state index in [9.17, 15) is 9.59 Å². The first kappa shape index (κ1) is 15.2. The van der Waals surface area contributed by atoms with Crippen molar-refractivity contribution >= 4 is 28.5 Å². The van der Waals surface area contributed by atoms with Crippen molar-refractivity contribution in [2.24, 2.45) is 0 Å². The third-order valence-electron chi connectivity index (χ3n) is 3.21. The molecule has 0 aliphatic heterocycles. The van der Waals surface area contributed by atoms with Crippen molar-refractivity contribution in [3.63, 3.8) is 0 Å². The Kier molecular flexibility index (Phi) is 4.12. The SMILES string of the molecule is CCOC(=O)Cn1ncc2c(Cl)n(-c3ccccc3)nc2c1=O. The maximum absolute atomic E-state index is 12.4. The summed E-state index contributed by atoms with van der Waals surface area (Å²) in [5.74, 6) is -0.532. The molecule has 118 valence electrons. The number of carbonyl (C=O) groups is 1. The van der Waals surface area contributed by atoms with Gasteiger partial charge in [-0.3, -0.25) is 9.59 Å². The van der Waals surface area contributed by atoms with Crippen LogP contribution in [-0.4, -0.2) is 32.1 Å². The molecule has 1 aromatic carbocycles. The Morgan fingerprint density at radius 3 is 2.74 bits per heavy atom. The zero-order valence-electron chi connectivity index (χ0n) is 12.3. The molecule has 0 atom stereocenters. The number of benzene rings is 1. The molecule has 0 aliphatic rings. The number of fused-ring (bicyclic) bond motifs is 1. The topological polar surface area (TPSA) is 79.0 Å². The van der Waals surface area contributed by atoms with E-state index < -0.39 is 11.5 Å². The average Bonchev–Trinajstić information content (AvgIpc) is 2.89. The summed E-state index contributed by atoms with van der Waals surface area (Å²) in [6.07, 6.45) is 1.42. The Bertz CT molecular complexity index is 918. The van der Waals surface area contributed by atoms with Crippen molar-refractivity contribution in [1.82, 2.24) is 19.6 Å². The van der Waals surface area contributed by atoms with Gasteiger partial charge in [-0.15, -0.1) is 0 Å². The molecule has 7 nitrogen and oxygen atoms in total. The number of nitrogens with zero attached hydrogens (tertiary/aromatic N) is 4. The van der Waals surface area contributed by atoms with Crippen molar-refractivity contribution < 1.29 is 9.53 Å². The lowest BCUT2D eigenvalue weighted by molar-refractivity contribution is -0.144. The molecule has 3 aromatic rings. The monoisotopic (exact) mass is 332 g/mol. The van der Waals surface area contributed by atoms with Gasteiger partial charge in [-0.25, -0.2) is 9.36 Å². The van der Waals surface area contributed by atoms with Crippen molar-refractivity contribution in [2.45, 2.75) is 13.5 Å². The first-order valence-corrected chi connectivity index (χ1v) is 7.35. The highest BCUT2D eigenvalue weighted by Gasteiger charge is 2.17. The predicted molar refractivity (Wildman–Crippen MR) is 84.8 cm³/mol. The summed E-state index contributed by atoms with van der Waals surface area (Å²) in [4.78, 5) is 23.9. The van der Waals surface area contributed by atoms with Crippen LogP contribution in [0.4, 0.5) is 0 Å². The molecule has 0 spiro atoms. The molecule has 0 saturated heterocycles. The number of rotatable bonds is 4. The average molecular weight is 333 g/mol. The van der Waals surface area contributed by atoms with Crippen LogP contribution in [0.3, 0.4) is 0 Å². The van der Waals surface area contributed by atoms with Gasteiger partial charge in [-0.05, 0) is 19.1 Å². The lowest BCUT2D eigenvalue weighted by Crippen LogP contribution is -2.27. The second-order valence-electron chi connectivity index (χ2n) is 4.71. The highest BCUT2D eigenvalue weighted by molar-refractivity contribution is 6.34. The highest BCUT2D eigenvalue weighted by Crippen LogP contribution is 2.23. The van der Waals surface area contributed by atoms with Crippen LogP contribution in [0.5, 0.6) is 0 Å². The minimum Gasteiger partial charge on any atom is -0.465 e. The van der Waals surface area contributed by atoms with Gasteiger partial charge in [-0.1, -0.05) is 29.8 Å². The molecular formula is C15H13ClN4O3. The normalized spacial score (nSPS) is 10.9. The fourth-order valence-corrected chi connectivity index (χ4v) is 2.44. The van der Waals surface area contributed by atoms with E-state index in [-0.39, 0.29) is 18.7 Å². The summed E-state index contributed by atoms with van der Waals surface area (Å²) in [5.41, 5.74) is 0.385. The van der Waals surface area contributed by atoms with E-state index in [1.807, 2.05) is 30.3 Å². The van der Waals surface area contributed by atoms with Crippen LogP contribution < -0.4 is 5.56 Å². The van der Waals surface area contributed by atoms with Gasteiger partial charge in [0.1, 0.15) is 11.7 Å². The summed E-state index contributed by atoms with van der Waals surface area (Å²) < 4.78 is 7.30. The molecule has 0 saturated carbocycles. The number of ether oxygens (including phenoxy) is 1. The molecule has 2 heterocycles. The zero-order valence-corrected chi connectivity index (χ0v) is 13.0. The van der Waals surface area contributed by atoms with Crippen LogP contribution in [0, 0.1) is 0 Å². The Labute approximate surface area is 136 Å². The van der Waals surface area contributed by atoms with Crippen LogP contribution in [0.25, 0.3) is 16.6 Å². The van der Waals surface area contributed by atoms with Crippen LogP contribution in [-0.2, 0) is 16.1 Å². The van der Waals surface area contributed by atoms with Crippen molar-refractivity contribution in [1.29, 1.82) is 0 Å². The van der Waals surface area contributed by atoms with Gasteiger partial charge in [0.25, 0.3) is 5.56 Å². The fourth-order valence-electron chi connectivity index (χ4n) is 2.17. The molecule has 0 radical (unpaired) electrons. The van der Waals surface area contributed by atoms with Gasteiger partial charge in [0.2, 0.25) is 0 Å². The number of halogens is 1. The molecule has 0 N–H and O–H groups in total. The van der Waals surface area contributed by atoms with Crippen molar-refractivity contribution in [3.05, 3.63) is 52.0 Å². The second-order valence-corrected chi connectivity index (χ2v) is 5.07. The summed E-state index contributed by atoms with van der Waals surface area (Å²) in [7, 11) is 0. The van der Waals surface area contributed by atoms with E-state index in [1.165, 1.54) is 10.9 Å². The molecule has 0 fully saturated rings. The number of hydrogen-bond donors (Lipinski definition) is 0. The Morgan fingerprint density at radius 1 is 1.30 bits per heavy atom. The van der Waals surface area contributed by atoms with Gasteiger partial charge < -0.3 is 4.74 Å². The summed E-state index contributed by atoms with van der Waals surface area (Å²) in [5, 5.41) is 8.94. The quantitative estimate of drug-likeness (QED) is 0.681. The number of carbonyl (C=O) groups excluding carboxylic acids is 1. The molecule has 23 heavy (non-hydrogen) atoms. The minimum atomic E-state index is -0.532. The third kappa shape index (κ3) is 2.83. The maximum Gasteiger partial charge on any atom is 0.327 e. The number of esters is 1. The molecular weight excluding hydrogens is 320 g/mol. The predicted octanol–water partition coefficient (Wildman–Crippen LogP) is 1.80. The highest BCUT2D eigenvalue weighted by atomic mass is 35.5. The van der Waals surface area contributed by atoms with Gasteiger partial charge >= 0.3 is 5.97 Å². The lowest BCUT2D eigenvalue weighted by Gasteiger charge is -2.03. The second kappa shape index (κ2) is 6.21. The Morgan fingerprint density at radius 2 is 2.04 bits per heavy atom. The summed E-state index contributed by atoms with van der Waals surface area (Å²) in [6, 6.07) is 9.20. The molecule has 8 heteroatoms. The molecule has 0 amide bonds. The molecule has 0 unspecified atom stereocenters. The van der Waals surface area contributed by atoms with E-state index in [1.54, 1.807) is 6.92 Å². The van der Waals surface area contributed by atoms with E-state index in [0.717, 1.165) is 10.4 Å². The van der Waals surface area contributed by atoms with Gasteiger partial charge in [0, 0.05) is 0 Å². The number of hydrogen-bond acceptors (Lipinski definition) is 5. The minimum absolute atomic E-state index is 0.151. The first-order valence-electron chi connectivity index (χ1n) is 6.97. The first-order chi connectivity index (χ1) is 11.1. The van der Waals surface area contributed by atoms with E-state index in [0.29, 0.717) is 10.5 Å². The smallest absolute Gasteiger partial charge is 0.327 e. The van der Waals surface area contributed by atoms with Gasteiger partial charge in [0.05, 0.1) is 23.9 Å². The Balaban J connectivity index is 2.09. The zero-order chi connectivity index (χ0) is 16.4. The van der Waals surface area contributed by atoms with Gasteiger partial charge in [0.15, 0.2) is 5.52 Å². The van der Waals surface area contributed by atoms with Crippen LogP contribution in [0.15, 0.2) is 41.3 Å². The van der Waals surface area contributed by atoms with E-state index >= 15 is 0 Å². The van der Waals surface area contributed by atoms with Crippen molar-refractivity contribution in [2.75, 3.05) is 6.61 Å². The maximum atomic E-state index is 12.4. The van der Waals surface area contributed by atoms with Crippen LogP contribution in [0.1, 0.15) is 6.92 Å².